The normalized spacial score (nSPS) is 23.2. The van der Waals surface area contributed by atoms with E-state index in [1.54, 1.807) is 6.07 Å². The van der Waals surface area contributed by atoms with E-state index in [1.807, 2.05) is 23.1 Å². The molecule has 4 nitrogen and oxygen atoms in total. The molecule has 1 N–H and O–H groups in total. The second-order valence-corrected chi connectivity index (χ2v) is 7.33. The largest absolute Gasteiger partial charge is 0.481 e. The zero-order valence-corrected chi connectivity index (χ0v) is 13.9. The summed E-state index contributed by atoms with van der Waals surface area (Å²) in [6, 6.07) is 7.27. The molecule has 4 heteroatoms. The Labute approximate surface area is 137 Å². The predicted molar refractivity (Wildman–Crippen MR) is 88.5 cm³/mol. The van der Waals surface area contributed by atoms with Gasteiger partial charge in [-0.1, -0.05) is 51.3 Å². The molecular weight excluding hydrogens is 290 g/mol. The molecule has 0 bridgehead atoms. The summed E-state index contributed by atoms with van der Waals surface area (Å²) in [6.07, 6.45) is 4.69. The summed E-state index contributed by atoms with van der Waals surface area (Å²) in [4.78, 5) is 27.2. The average Bonchev–Trinajstić information content (AvgIpc) is 2.52. The summed E-state index contributed by atoms with van der Waals surface area (Å²) in [6.45, 7) is 4.79. The van der Waals surface area contributed by atoms with Crippen LogP contribution >= 0.6 is 0 Å². The fourth-order valence-corrected chi connectivity index (χ4v) is 4.45. The van der Waals surface area contributed by atoms with Gasteiger partial charge in [0.15, 0.2) is 0 Å². The number of aliphatic carboxylic acids is 1. The number of rotatable bonds is 3. The van der Waals surface area contributed by atoms with Gasteiger partial charge in [0.1, 0.15) is 5.92 Å². The minimum absolute atomic E-state index is 0.00806. The first-order chi connectivity index (χ1) is 11.0. The number of carboxylic acid groups (broad SMARTS) is 1. The smallest absolute Gasteiger partial charge is 0.313 e. The van der Waals surface area contributed by atoms with Crippen molar-refractivity contribution in [2.75, 3.05) is 6.54 Å². The standard InChI is InChI=1S/C19H25NO3/c1-13(2)12-20-17(21)15-9-5-4-8-14(15)16(18(22)23)19(20)10-6-3-7-11-19/h4-5,8-9,13,16H,3,6-7,10-12H2,1-2H3,(H,22,23)/t16-/m1/s1. The molecule has 1 fully saturated rings. The summed E-state index contributed by atoms with van der Waals surface area (Å²) in [5.41, 5.74) is 0.712. The molecule has 1 aliphatic heterocycles. The number of hydrogen-bond donors (Lipinski definition) is 1. The van der Waals surface area contributed by atoms with E-state index in [0.29, 0.717) is 23.6 Å². The van der Waals surface area contributed by atoms with Gasteiger partial charge in [0, 0.05) is 12.1 Å². The quantitative estimate of drug-likeness (QED) is 0.926. The topological polar surface area (TPSA) is 57.6 Å². The van der Waals surface area contributed by atoms with Gasteiger partial charge in [0.05, 0.1) is 5.54 Å². The van der Waals surface area contributed by atoms with Gasteiger partial charge < -0.3 is 10.0 Å². The molecule has 0 saturated heterocycles. The minimum Gasteiger partial charge on any atom is -0.481 e. The van der Waals surface area contributed by atoms with Gasteiger partial charge in [-0.3, -0.25) is 9.59 Å². The average molecular weight is 315 g/mol. The highest BCUT2D eigenvalue weighted by molar-refractivity contribution is 6.01. The van der Waals surface area contributed by atoms with Gasteiger partial charge in [0.25, 0.3) is 5.91 Å². The third-order valence-electron chi connectivity index (χ3n) is 5.34. The van der Waals surface area contributed by atoms with Crippen molar-refractivity contribution in [3.8, 4) is 0 Å². The molecule has 0 radical (unpaired) electrons. The Bertz CT molecular complexity index is 617. The van der Waals surface area contributed by atoms with Crippen LogP contribution in [-0.4, -0.2) is 34.0 Å². The lowest BCUT2D eigenvalue weighted by Gasteiger charge is -2.53. The summed E-state index contributed by atoms with van der Waals surface area (Å²) < 4.78 is 0. The first-order valence-electron chi connectivity index (χ1n) is 8.61. The van der Waals surface area contributed by atoms with E-state index in [4.69, 9.17) is 0 Å². The van der Waals surface area contributed by atoms with Crippen molar-refractivity contribution in [2.45, 2.75) is 57.4 Å². The van der Waals surface area contributed by atoms with Crippen LogP contribution in [0.4, 0.5) is 0 Å². The number of amides is 1. The SMILES string of the molecule is CC(C)CN1C(=O)c2ccccc2[C@H](C(=O)O)C12CCCCC2. The number of carbonyl (C=O) groups is 2. The Morgan fingerprint density at radius 1 is 1.26 bits per heavy atom. The maximum atomic E-state index is 13.1. The van der Waals surface area contributed by atoms with Gasteiger partial charge in [-0.25, -0.2) is 0 Å². The molecule has 1 amide bonds. The molecular formula is C19H25NO3. The monoisotopic (exact) mass is 315 g/mol. The Morgan fingerprint density at radius 3 is 2.52 bits per heavy atom. The molecule has 0 unspecified atom stereocenters. The van der Waals surface area contributed by atoms with Crippen LogP contribution < -0.4 is 0 Å². The third kappa shape index (κ3) is 2.54. The highest BCUT2D eigenvalue weighted by atomic mass is 16.4. The summed E-state index contributed by atoms with van der Waals surface area (Å²) >= 11 is 0. The second-order valence-electron chi connectivity index (χ2n) is 7.33. The van der Waals surface area contributed by atoms with E-state index in [0.717, 1.165) is 32.1 Å². The molecule has 0 aromatic heterocycles. The van der Waals surface area contributed by atoms with Crippen molar-refractivity contribution in [3.05, 3.63) is 35.4 Å². The van der Waals surface area contributed by atoms with Gasteiger partial charge in [-0.15, -0.1) is 0 Å². The minimum atomic E-state index is -0.805. The molecule has 23 heavy (non-hydrogen) atoms. The van der Waals surface area contributed by atoms with Crippen LogP contribution in [0.3, 0.4) is 0 Å². The molecule has 1 heterocycles. The zero-order chi connectivity index (χ0) is 16.6. The van der Waals surface area contributed by atoms with Crippen LogP contribution in [0.5, 0.6) is 0 Å². The van der Waals surface area contributed by atoms with E-state index >= 15 is 0 Å². The number of hydrogen-bond acceptors (Lipinski definition) is 2. The van der Waals surface area contributed by atoms with E-state index in [2.05, 4.69) is 13.8 Å². The Balaban J connectivity index is 2.19. The van der Waals surface area contributed by atoms with E-state index in [1.165, 1.54) is 0 Å². The number of benzene rings is 1. The van der Waals surface area contributed by atoms with Crippen LogP contribution in [0.1, 0.15) is 67.8 Å². The summed E-state index contributed by atoms with van der Waals surface area (Å²) in [5.74, 6) is -1.10. The van der Waals surface area contributed by atoms with Gasteiger partial charge in [-0.05, 0) is 30.4 Å². The molecule has 1 aromatic rings. The molecule has 2 aliphatic rings. The molecule has 1 saturated carbocycles. The highest BCUT2D eigenvalue weighted by Gasteiger charge is 2.54. The van der Waals surface area contributed by atoms with Crippen LogP contribution in [0, 0.1) is 5.92 Å². The molecule has 1 spiro atoms. The van der Waals surface area contributed by atoms with Gasteiger partial charge in [0.2, 0.25) is 0 Å². The fourth-order valence-electron chi connectivity index (χ4n) is 4.45. The van der Waals surface area contributed by atoms with Crippen molar-refractivity contribution >= 4 is 11.9 Å². The van der Waals surface area contributed by atoms with E-state index in [9.17, 15) is 14.7 Å². The third-order valence-corrected chi connectivity index (χ3v) is 5.34. The Morgan fingerprint density at radius 2 is 1.91 bits per heavy atom. The second kappa shape index (κ2) is 5.99. The fraction of sp³-hybridized carbons (Fsp3) is 0.579. The van der Waals surface area contributed by atoms with Crippen LogP contribution in [0.25, 0.3) is 0 Å². The van der Waals surface area contributed by atoms with Crippen molar-refractivity contribution in [2.24, 2.45) is 5.92 Å². The molecule has 1 aliphatic carbocycles. The first kappa shape index (κ1) is 16.0. The lowest BCUT2D eigenvalue weighted by Crippen LogP contribution is -2.62. The van der Waals surface area contributed by atoms with Crippen LogP contribution in [0.2, 0.25) is 0 Å². The molecule has 3 rings (SSSR count). The van der Waals surface area contributed by atoms with Crippen molar-refractivity contribution < 1.29 is 14.7 Å². The van der Waals surface area contributed by atoms with Gasteiger partial charge >= 0.3 is 5.97 Å². The van der Waals surface area contributed by atoms with Gasteiger partial charge in [-0.2, -0.15) is 0 Å². The maximum absolute atomic E-state index is 13.1. The van der Waals surface area contributed by atoms with Crippen molar-refractivity contribution in [1.82, 2.24) is 4.90 Å². The predicted octanol–water partition coefficient (Wildman–Crippen LogP) is 3.67. The first-order valence-corrected chi connectivity index (χ1v) is 8.61. The van der Waals surface area contributed by atoms with Crippen LogP contribution in [0.15, 0.2) is 24.3 Å². The van der Waals surface area contributed by atoms with Crippen LogP contribution in [-0.2, 0) is 4.79 Å². The summed E-state index contributed by atoms with van der Waals surface area (Å²) in [5, 5.41) is 10.0. The Kier molecular flexibility index (Phi) is 4.17. The number of carboxylic acids is 1. The summed E-state index contributed by atoms with van der Waals surface area (Å²) in [7, 11) is 0. The molecule has 1 aromatic carbocycles. The zero-order valence-electron chi connectivity index (χ0n) is 13.9. The van der Waals surface area contributed by atoms with E-state index < -0.39 is 17.4 Å². The molecule has 1 atom stereocenters. The number of carbonyl (C=O) groups excluding carboxylic acids is 1. The number of fused-ring (bicyclic) bond motifs is 1. The van der Waals surface area contributed by atoms with Crippen molar-refractivity contribution in [3.63, 3.8) is 0 Å². The lowest BCUT2D eigenvalue weighted by atomic mass is 9.65. The lowest BCUT2D eigenvalue weighted by molar-refractivity contribution is -0.144. The highest BCUT2D eigenvalue weighted by Crippen LogP contribution is 2.49. The maximum Gasteiger partial charge on any atom is 0.313 e. The van der Waals surface area contributed by atoms with E-state index in [-0.39, 0.29) is 5.91 Å². The Hall–Kier alpha value is -1.84. The number of nitrogens with zero attached hydrogens (tertiary/aromatic N) is 1. The molecule has 124 valence electrons. The van der Waals surface area contributed by atoms with Crippen molar-refractivity contribution in [1.29, 1.82) is 0 Å².